The summed E-state index contributed by atoms with van der Waals surface area (Å²) in [5, 5.41) is 8.63. The number of thiocyanates is 1. The van der Waals surface area contributed by atoms with E-state index in [1.807, 2.05) is 0 Å². The molecule has 0 atom stereocenters. The van der Waals surface area contributed by atoms with Crippen LogP contribution < -0.4 is 73.8 Å². The van der Waals surface area contributed by atoms with E-state index >= 15 is 0 Å². The lowest BCUT2D eigenvalue weighted by molar-refractivity contribution is 1.57. The fourth-order valence-corrected chi connectivity index (χ4v) is 0. The molecular formula is CH37N13S. The summed E-state index contributed by atoms with van der Waals surface area (Å²) in [6.07, 6.45) is 0. The van der Waals surface area contributed by atoms with Crippen molar-refractivity contribution in [2.24, 2.45) is 0 Å². The van der Waals surface area contributed by atoms with Crippen molar-refractivity contribution in [3.63, 3.8) is 0 Å². The van der Waals surface area contributed by atoms with Crippen molar-refractivity contribution in [1.29, 1.82) is 5.26 Å². The van der Waals surface area contributed by atoms with E-state index in [-0.39, 0.29) is 73.8 Å². The Hall–Kier alpha value is -0.640. The lowest BCUT2D eigenvalue weighted by Crippen LogP contribution is -0.961. The molecule has 0 aromatic carbocycles. The molecule has 14 heteroatoms. The van der Waals surface area contributed by atoms with Gasteiger partial charge < -0.3 is 73.8 Å². The summed E-state index contributed by atoms with van der Waals surface area (Å²) in [6, 6.07) is 0. The van der Waals surface area contributed by atoms with E-state index in [1.54, 1.807) is 0 Å². The van der Waals surface area contributed by atoms with Gasteiger partial charge in [0, 0.05) is 0 Å². The zero-order chi connectivity index (χ0) is 2.71. The number of nitrogens with zero attached hydrogens (tertiary/aromatic N) is 1. The molecule has 13 nitrogen and oxygen atoms in total. The summed E-state index contributed by atoms with van der Waals surface area (Å²) in [7, 11) is 0. The minimum absolute atomic E-state index is 0. The summed E-state index contributed by atoms with van der Waals surface area (Å²) < 4.78 is 0. The summed E-state index contributed by atoms with van der Waals surface area (Å²) in [5.41, 5.74) is 0. The average molecular weight is 263 g/mol. The van der Waals surface area contributed by atoms with Crippen molar-refractivity contribution >= 4 is 12.6 Å². The summed E-state index contributed by atoms with van der Waals surface area (Å²) >= 11 is 3.09. The summed E-state index contributed by atoms with van der Waals surface area (Å²) in [4.78, 5) is 0. The molecule has 15 heavy (non-hydrogen) atoms. The Morgan fingerprint density at radius 1 is 0.467 bits per heavy atom. The third-order valence-corrected chi connectivity index (χ3v) is 0. The predicted octanol–water partition coefficient (Wildman–Crippen LogP) is 2.34. The van der Waals surface area contributed by atoms with E-state index in [1.165, 1.54) is 5.40 Å². The first kappa shape index (κ1) is 1390. The zero-order valence-corrected chi connectivity index (χ0v) is 10.8. The van der Waals surface area contributed by atoms with Gasteiger partial charge in [0.2, 0.25) is 0 Å². The van der Waals surface area contributed by atoms with Crippen molar-refractivity contribution in [2.75, 3.05) is 0 Å². The van der Waals surface area contributed by atoms with Crippen molar-refractivity contribution in [3.8, 4) is 5.40 Å². The van der Waals surface area contributed by atoms with Gasteiger partial charge in [0.05, 0.1) is 0 Å². The van der Waals surface area contributed by atoms with E-state index in [2.05, 4.69) is 12.6 Å². The predicted molar refractivity (Wildman–Crippen MR) is 74.9 cm³/mol. The molecule has 0 saturated carbocycles. The zero-order valence-electron chi connectivity index (χ0n) is 9.88. The van der Waals surface area contributed by atoms with E-state index in [0.717, 1.165) is 0 Å². The Kier molecular flexibility index (Phi) is 1450000. The van der Waals surface area contributed by atoms with Crippen molar-refractivity contribution in [2.45, 2.75) is 0 Å². The van der Waals surface area contributed by atoms with Crippen LogP contribution in [-0.4, -0.2) is 0 Å². The lowest BCUT2D eigenvalue weighted by atomic mass is 11.8. The lowest BCUT2D eigenvalue weighted by Gasteiger charge is -1.14. The van der Waals surface area contributed by atoms with E-state index < -0.39 is 0 Å². The van der Waals surface area contributed by atoms with Gasteiger partial charge in [-0.05, 0) is 0 Å². The Labute approximate surface area is 97.9 Å². The van der Waals surface area contributed by atoms with Crippen LogP contribution in [0.5, 0.6) is 0 Å². The van der Waals surface area contributed by atoms with Gasteiger partial charge in [-0.1, -0.05) is 12.6 Å². The summed E-state index contributed by atoms with van der Waals surface area (Å²) in [5.74, 6) is 0. The maximum absolute atomic E-state index is 7.18. The monoisotopic (exact) mass is 263 g/mol. The van der Waals surface area contributed by atoms with Crippen LogP contribution in [-0.2, 0) is 0 Å². The Morgan fingerprint density at radius 2 is 0.467 bits per heavy atom. The fourth-order valence-electron chi connectivity index (χ4n) is 0. The minimum Gasteiger partial charge on any atom is -0.344 e. The average Bonchev–Trinajstić information content (AvgIpc) is 0.918. The fraction of sp³-hybridized carbons (Fsp3) is 0. The van der Waals surface area contributed by atoms with Gasteiger partial charge in [0.1, 0.15) is 5.40 Å². The molecule has 0 radical (unpaired) electrons. The highest BCUT2D eigenvalue weighted by Gasteiger charge is 1.18. The van der Waals surface area contributed by atoms with Crippen LogP contribution in [0.4, 0.5) is 0 Å². The Balaban J connectivity index is -0.000000000303. The molecule has 0 aliphatic heterocycles. The second kappa shape index (κ2) is 15700. The van der Waals surface area contributed by atoms with E-state index in [9.17, 15) is 0 Å². The highest BCUT2D eigenvalue weighted by Crippen LogP contribution is 1.46. The molecule has 0 fully saturated rings. The number of thiol groups is 1. The molecule has 0 aromatic heterocycles. The van der Waals surface area contributed by atoms with Gasteiger partial charge in [0.25, 0.3) is 0 Å². The maximum atomic E-state index is 7.18. The van der Waals surface area contributed by atoms with Crippen LogP contribution in [0.2, 0.25) is 0 Å². The highest BCUT2D eigenvalue weighted by molar-refractivity contribution is 7.85. The Morgan fingerprint density at radius 3 is 0.467 bits per heavy atom. The molecule has 0 bridgehead atoms. The molecule has 0 spiro atoms. The number of rotatable bonds is 0. The van der Waals surface area contributed by atoms with Crippen LogP contribution in [0.15, 0.2) is 0 Å². The first-order chi connectivity index (χ1) is 1.41. The largest absolute Gasteiger partial charge is 0.344 e. The molecule has 0 aliphatic carbocycles. The Bertz CT molecular complexity index is 32.0. The minimum atomic E-state index is 0. The van der Waals surface area contributed by atoms with Crippen molar-refractivity contribution < 1.29 is 0 Å². The van der Waals surface area contributed by atoms with Gasteiger partial charge in [0.15, 0.2) is 0 Å². The molecule has 112 valence electrons. The van der Waals surface area contributed by atoms with Crippen LogP contribution in [0, 0.1) is 10.7 Å². The van der Waals surface area contributed by atoms with Gasteiger partial charge >= 0.3 is 0 Å². The highest BCUT2D eigenvalue weighted by atomic mass is 32.1. The van der Waals surface area contributed by atoms with Gasteiger partial charge in [-0.2, -0.15) is 5.26 Å². The van der Waals surface area contributed by atoms with Gasteiger partial charge in [-0.15, -0.1) is 0 Å². The molecule has 0 heterocycles. The first-order valence-corrected chi connectivity index (χ1v) is 0.894. The van der Waals surface area contributed by atoms with Crippen LogP contribution in [0.3, 0.4) is 0 Å². The molecule has 0 rings (SSSR count). The molecule has 0 saturated heterocycles. The third kappa shape index (κ3) is 4210. The smallest absolute Gasteiger partial charge is 0.130 e. The van der Waals surface area contributed by atoms with Crippen LogP contribution in [0.25, 0.3) is 0 Å². The van der Waals surface area contributed by atoms with Crippen molar-refractivity contribution in [1.82, 2.24) is 73.8 Å². The number of hydrogen-bond acceptors (Lipinski definition) is 14. The molecule has 0 unspecified atom stereocenters. The number of nitriles is 1. The maximum Gasteiger partial charge on any atom is 0.130 e. The molecule has 36 N–H and O–H groups in total. The van der Waals surface area contributed by atoms with Gasteiger partial charge in [-0.25, -0.2) is 0 Å². The second-order valence-electron chi connectivity index (χ2n) is 0.100. The van der Waals surface area contributed by atoms with Gasteiger partial charge in [-0.3, -0.25) is 0 Å². The molecule has 0 aliphatic rings. The third-order valence-electron chi connectivity index (χ3n) is 0. The quantitative estimate of drug-likeness (QED) is 0.220. The second-order valence-corrected chi connectivity index (χ2v) is 0.300. The normalized spacial score (nSPS) is 0.533. The van der Waals surface area contributed by atoms with Crippen LogP contribution in [0.1, 0.15) is 0 Å². The SMILES string of the molecule is N.N.N.N.N.N.N.N.N.N.N.N.N#CS. The first-order valence-electron chi connectivity index (χ1n) is 0.447. The molecule has 0 amide bonds. The molecule has 0 aromatic rings. The van der Waals surface area contributed by atoms with Crippen molar-refractivity contribution in [3.05, 3.63) is 0 Å². The van der Waals surface area contributed by atoms with E-state index in [0.29, 0.717) is 0 Å². The summed E-state index contributed by atoms with van der Waals surface area (Å²) in [6.45, 7) is 0. The van der Waals surface area contributed by atoms with Crippen LogP contribution >= 0.6 is 12.6 Å². The topological polar surface area (TPSA) is 444 Å². The van der Waals surface area contributed by atoms with E-state index in [4.69, 9.17) is 5.26 Å². The standard InChI is InChI=1S/CHNS.12H3N/c2-1-3;;;;;;;;;;;;/h3H;12*1H3. The molecular weight excluding hydrogens is 226 g/mol. The number of hydrogen-bond donors (Lipinski definition) is 13.